The van der Waals surface area contributed by atoms with Gasteiger partial charge in [0.25, 0.3) is 6.43 Å². The summed E-state index contributed by atoms with van der Waals surface area (Å²) in [6, 6.07) is 0. The van der Waals surface area contributed by atoms with Gasteiger partial charge in [0.2, 0.25) is 0 Å². The monoisotopic (exact) mass is 233 g/mol. The maximum Gasteiger partial charge on any atom is 0.265 e. The van der Waals surface area contributed by atoms with Crippen LogP contribution in [0.4, 0.5) is 8.78 Å². The molecule has 0 fully saturated rings. The zero-order chi connectivity index (χ0) is 12.0. The summed E-state index contributed by atoms with van der Waals surface area (Å²) in [4.78, 5) is 4.11. The third-order valence-electron chi connectivity index (χ3n) is 2.19. The Morgan fingerprint density at radius 2 is 2.31 bits per heavy atom. The molecule has 2 N–H and O–H groups in total. The fourth-order valence-electron chi connectivity index (χ4n) is 1.37. The average molecular weight is 233 g/mol. The number of hydrogen-bond donors (Lipinski definition) is 2. The lowest BCUT2D eigenvalue weighted by atomic mass is 10.3. The van der Waals surface area contributed by atoms with Crippen molar-refractivity contribution >= 4 is 0 Å². The highest BCUT2D eigenvalue weighted by Crippen LogP contribution is 2.01. The summed E-state index contributed by atoms with van der Waals surface area (Å²) in [6.45, 7) is 3.17. The first-order valence-corrected chi connectivity index (χ1v) is 5.32. The molecule has 0 aromatic carbocycles. The molecular formula is C10H17F2N3O. The number of aryl methyl sites for hydroxylation is 1. The summed E-state index contributed by atoms with van der Waals surface area (Å²) in [5, 5.41) is 11.6. The highest BCUT2D eigenvalue weighted by Gasteiger charge is 2.15. The van der Waals surface area contributed by atoms with E-state index in [1.165, 1.54) is 0 Å². The van der Waals surface area contributed by atoms with Crippen LogP contribution >= 0.6 is 0 Å². The molecule has 0 amide bonds. The summed E-state index contributed by atoms with van der Waals surface area (Å²) in [5.74, 6) is 0.795. The minimum atomic E-state index is -2.71. The Kier molecular flexibility index (Phi) is 5.34. The summed E-state index contributed by atoms with van der Waals surface area (Å²) in [7, 11) is 0. The molecule has 0 aliphatic rings. The lowest BCUT2D eigenvalue weighted by Crippen LogP contribution is -2.32. The van der Waals surface area contributed by atoms with E-state index >= 15 is 0 Å². The number of aromatic nitrogens is 2. The Labute approximate surface area is 93.3 Å². The average Bonchev–Trinajstić information content (AvgIpc) is 2.66. The van der Waals surface area contributed by atoms with E-state index in [9.17, 15) is 8.78 Å². The number of rotatable bonds is 7. The first-order valence-electron chi connectivity index (χ1n) is 5.32. The van der Waals surface area contributed by atoms with E-state index in [4.69, 9.17) is 5.11 Å². The molecule has 0 radical (unpaired) electrons. The van der Waals surface area contributed by atoms with Crippen LogP contribution in [-0.2, 0) is 13.1 Å². The molecule has 4 nitrogen and oxygen atoms in total. The molecule has 1 unspecified atom stereocenters. The maximum absolute atomic E-state index is 12.0. The van der Waals surface area contributed by atoms with Crippen LogP contribution < -0.4 is 5.32 Å². The van der Waals surface area contributed by atoms with E-state index in [1.54, 1.807) is 6.20 Å². The molecule has 1 rings (SSSR count). The van der Waals surface area contributed by atoms with Crippen LogP contribution in [0, 0.1) is 0 Å². The second-order valence-corrected chi connectivity index (χ2v) is 3.57. The minimum absolute atomic E-state index is 0.128. The van der Waals surface area contributed by atoms with E-state index in [0.29, 0.717) is 6.54 Å². The van der Waals surface area contributed by atoms with Crippen LogP contribution in [0.2, 0.25) is 0 Å². The SMILES string of the molecule is CCCn1ccnc1CNCC(O)C(F)F. The van der Waals surface area contributed by atoms with Crippen molar-refractivity contribution in [3.63, 3.8) is 0 Å². The zero-order valence-corrected chi connectivity index (χ0v) is 9.24. The van der Waals surface area contributed by atoms with Gasteiger partial charge in [0.15, 0.2) is 0 Å². The lowest BCUT2D eigenvalue weighted by Gasteiger charge is -2.11. The molecular weight excluding hydrogens is 216 g/mol. The molecule has 0 bridgehead atoms. The molecule has 1 aromatic rings. The van der Waals surface area contributed by atoms with Crippen molar-refractivity contribution in [3.05, 3.63) is 18.2 Å². The number of aliphatic hydroxyl groups excluding tert-OH is 1. The van der Waals surface area contributed by atoms with Crippen LogP contribution in [0.1, 0.15) is 19.2 Å². The fourth-order valence-corrected chi connectivity index (χ4v) is 1.37. The second-order valence-electron chi connectivity index (χ2n) is 3.57. The second kappa shape index (κ2) is 6.55. The van der Waals surface area contributed by atoms with Crippen molar-refractivity contribution in [2.75, 3.05) is 6.54 Å². The van der Waals surface area contributed by atoms with E-state index in [1.807, 2.05) is 10.8 Å². The van der Waals surface area contributed by atoms with Gasteiger partial charge < -0.3 is 15.0 Å². The minimum Gasteiger partial charge on any atom is -0.386 e. The Morgan fingerprint density at radius 1 is 1.56 bits per heavy atom. The first-order chi connectivity index (χ1) is 7.65. The van der Waals surface area contributed by atoms with Gasteiger partial charge in [-0.3, -0.25) is 0 Å². The lowest BCUT2D eigenvalue weighted by molar-refractivity contribution is -0.00351. The van der Waals surface area contributed by atoms with Gasteiger partial charge in [-0.2, -0.15) is 0 Å². The normalized spacial score (nSPS) is 13.3. The zero-order valence-electron chi connectivity index (χ0n) is 9.24. The van der Waals surface area contributed by atoms with Gasteiger partial charge in [0.05, 0.1) is 6.54 Å². The number of hydrogen-bond acceptors (Lipinski definition) is 3. The molecule has 0 aliphatic carbocycles. The Morgan fingerprint density at radius 3 is 2.94 bits per heavy atom. The van der Waals surface area contributed by atoms with Gasteiger partial charge in [0.1, 0.15) is 11.9 Å². The van der Waals surface area contributed by atoms with Crippen molar-refractivity contribution < 1.29 is 13.9 Å². The molecule has 1 atom stereocenters. The quantitative estimate of drug-likeness (QED) is 0.739. The fraction of sp³-hybridized carbons (Fsp3) is 0.700. The van der Waals surface area contributed by atoms with Gasteiger partial charge in [-0.15, -0.1) is 0 Å². The summed E-state index contributed by atoms with van der Waals surface area (Å²) >= 11 is 0. The predicted molar refractivity (Wildman–Crippen MR) is 56.2 cm³/mol. The highest BCUT2D eigenvalue weighted by atomic mass is 19.3. The molecule has 16 heavy (non-hydrogen) atoms. The van der Waals surface area contributed by atoms with Crippen molar-refractivity contribution in [3.8, 4) is 0 Å². The number of nitrogens with zero attached hydrogens (tertiary/aromatic N) is 2. The molecule has 6 heteroatoms. The van der Waals surface area contributed by atoms with Crippen LogP contribution in [0.3, 0.4) is 0 Å². The van der Waals surface area contributed by atoms with Crippen LogP contribution in [0.5, 0.6) is 0 Å². The van der Waals surface area contributed by atoms with Crippen molar-refractivity contribution in [1.29, 1.82) is 0 Å². The number of imidazole rings is 1. The Hall–Kier alpha value is -1.01. The third-order valence-corrected chi connectivity index (χ3v) is 2.19. The van der Waals surface area contributed by atoms with E-state index < -0.39 is 12.5 Å². The number of alkyl halides is 2. The maximum atomic E-state index is 12.0. The first kappa shape index (κ1) is 13.1. The van der Waals surface area contributed by atoms with Crippen LogP contribution in [0.25, 0.3) is 0 Å². The number of halogens is 2. The molecule has 0 saturated heterocycles. The van der Waals surface area contributed by atoms with Gasteiger partial charge in [-0.25, -0.2) is 13.8 Å². The molecule has 0 aliphatic heterocycles. The van der Waals surface area contributed by atoms with Crippen LogP contribution in [0.15, 0.2) is 12.4 Å². The topological polar surface area (TPSA) is 50.1 Å². The Balaban J connectivity index is 2.34. The van der Waals surface area contributed by atoms with Crippen molar-refractivity contribution in [1.82, 2.24) is 14.9 Å². The van der Waals surface area contributed by atoms with Crippen molar-refractivity contribution in [2.45, 2.75) is 39.0 Å². The van der Waals surface area contributed by atoms with Gasteiger partial charge in [-0.05, 0) is 6.42 Å². The van der Waals surface area contributed by atoms with Crippen LogP contribution in [-0.4, -0.2) is 33.7 Å². The number of nitrogens with one attached hydrogen (secondary N) is 1. The molecule has 1 heterocycles. The van der Waals surface area contributed by atoms with Crippen molar-refractivity contribution in [2.24, 2.45) is 0 Å². The standard InChI is InChI=1S/C10H17F2N3O/c1-2-4-15-5-3-14-9(15)7-13-6-8(16)10(11)12/h3,5,8,10,13,16H,2,4,6-7H2,1H3. The van der Waals surface area contributed by atoms with Gasteiger partial charge in [-0.1, -0.05) is 6.92 Å². The third kappa shape index (κ3) is 3.86. The predicted octanol–water partition coefficient (Wildman–Crippen LogP) is 1.01. The van der Waals surface area contributed by atoms with Gasteiger partial charge in [0, 0.05) is 25.5 Å². The smallest absolute Gasteiger partial charge is 0.265 e. The number of aliphatic hydroxyl groups is 1. The molecule has 0 saturated carbocycles. The summed E-state index contributed by atoms with van der Waals surface area (Å²) in [6.07, 6.45) is 0.195. The van der Waals surface area contributed by atoms with E-state index in [0.717, 1.165) is 18.8 Å². The Bertz CT molecular complexity index is 304. The van der Waals surface area contributed by atoms with E-state index in [-0.39, 0.29) is 6.54 Å². The van der Waals surface area contributed by atoms with Gasteiger partial charge >= 0.3 is 0 Å². The molecule has 0 spiro atoms. The highest BCUT2D eigenvalue weighted by molar-refractivity contribution is 4.91. The molecule has 1 aromatic heterocycles. The molecule has 92 valence electrons. The largest absolute Gasteiger partial charge is 0.386 e. The van der Waals surface area contributed by atoms with E-state index in [2.05, 4.69) is 17.2 Å². The summed E-state index contributed by atoms with van der Waals surface area (Å²) < 4.78 is 25.9. The summed E-state index contributed by atoms with van der Waals surface area (Å²) in [5.41, 5.74) is 0.